The van der Waals surface area contributed by atoms with Gasteiger partial charge in [-0.25, -0.2) is 0 Å². The molecule has 2 heterocycles. The van der Waals surface area contributed by atoms with Gasteiger partial charge in [-0.05, 0) is 77.9 Å². The summed E-state index contributed by atoms with van der Waals surface area (Å²) in [5, 5.41) is 8.75. The van der Waals surface area contributed by atoms with Gasteiger partial charge in [0.15, 0.2) is 0 Å². The van der Waals surface area contributed by atoms with Gasteiger partial charge in [-0.15, -0.1) is 0 Å². The summed E-state index contributed by atoms with van der Waals surface area (Å²) in [7, 11) is 0. The van der Waals surface area contributed by atoms with Crippen LogP contribution in [-0.2, 0) is 16.0 Å². The summed E-state index contributed by atoms with van der Waals surface area (Å²) in [6.07, 6.45) is 2.94. The summed E-state index contributed by atoms with van der Waals surface area (Å²) in [5.41, 5.74) is 5.24. The third-order valence-electron chi connectivity index (χ3n) is 5.68. The van der Waals surface area contributed by atoms with Gasteiger partial charge in [0, 0.05) is 52.5 Å². The lowest BCUT2D eigenvalue weighted by Crippen LogP contribution is -2.03. The van der Waals surface area contributed by atoms with E-state index in [2.05, 4.69) is 10.6 Å². The normalized spacial score (nSPS) is 13.3. The highest BCUT2D eigenvalue weighted by molar-refractivity contribution is 6.38. The van der Waals surface area contributed by atoms with Crippen LogP contribution in [0.15, 0.2) is 72.8 Å². The Hall–Kier alpha value is -3.03. The number of benzene rings is 4. The number of anilines is 2. The van der Waals surface area contributed by atoms with Crippen molar-refractivity contribution >= 4 is 111 Å². The molecule has 2 amide bonds. The Morgan fingerprint density at radius 1 is 0.595 bits per heavy atom. The number of aldehydes is 1. The first-order valence-electron chi connectivity index (χ1n) is 11.8. The Bertz CT molecular complexity index is 1660. The summed E-state index contributed by atoms with van der Waals surface area (Å²) in [5.74, 6) is -0.124. The van der Waals surface area contributed by atoms with Crippen molar-refractivity contribution in [2.24, 2.45) is 0 Å². The molecule has 5 nitrogen and oxygen atoms in total. The van der Waals surface area contributed by atoms with Gasteiger partial charge >= 0.3 is 0 Å². The van der Waals surface area contributed by atoms with Gasteiger partial charge < -0.3 is 10.6 Å². The van der Waals surface area contributed by atoms with E-state index in [-0.39, 0.29) is 19.2 Å². The molecular formula is C31H22Cl6N2O3. The minimum atomic E-state index is -0.168. The maximum absolute atomic E-state index is 12.0. The molecule has 2 N–H and O–H groups in total. The maximum atomic E-state index is 12.0. The van der Waals surface area contributed by atoms with E-state index >= 15 is 0 Å². The Balaban J connectivity index is 0.000000187. The van der Waals surface area contributed by atoms with E-state index in [0.29, 0.717) is 59.7 Å². The van der Waals surface area contributed by atoms with Crippen molar-refractivity contribution in [3.05, 3.63) is 125 Å². The Labute approximate surface area is 273 Å². The van der Waals surface area contributed by atoms with Crippen LogP contribution in [0.2, 0.25) is 30.1 Å². The van der Waals surface area contributed by atoms with Crippen LogP contribution in [0, 0.1) is 0 Å². The monoisotopic (exact) mass is 680 g/mol. The molecule has 0 saturated carbocycles. The van der Waals surface area contributed by atoms with E-state index in [1.807, 2.05) is 12.1 Å². The molecule has 6 rings (SSSR count). The molecule has 0 unspecified atom stereocenters. The second kappa shape index (κ2) is 14.9. The third-order valence-corrected chi connectivity index (χ3v) is 7.02. The lowest BCUT2D eigenvalue weighted by Gasteiger charge is -2.01. The van der Waals surface area contributed by atoms with Crippen molar-refractivity contribution in [3.8, 4) is 0 Å². The molecule has 0 atom stereocenters. The second-order valence-electron chi connectivity index (χ2n) is 8.75. The minimum absolute atomic E-state index is 0. The number of hydrogen-bond acceptors (Lipinski definition) is 3. The highest BCUT2D eigenvalue weighted by Gasteiger charge is 2.24. The summed E-state index contributed by atoms with van der Waals surface area (Å²) in [4.78, 5) is 33.1. The Kier molecular flexibility index (Phi) is 11.9. The molecule has 0 aromatic heterocycles. The van der Waals surface area contributed by atoms with E-state index in [1.54, 1.807) is 66.7 Å². The molecule has 11 heteroatoms. The zero-order valence-corrected chi connectivity index (χ0v) is 25.3. The third kappa shape index (κ3) is 8.98. The number of rotatable bonds is 2. The van der Waals surface area contributed by atoms with Crippen molar-refractivity contribution in [2.75, 3.05) is 10.6 Å². The summed E-state index contributed by atoms with van der Waals surface area (Å²) in [6.45, 7) is 0. The lowest BCUT2D eigenvalue weighted by molar-refractivity contribution is -0.115. The van der Waals surface area contributed by atoms with Crippen LogP contribution >= 0.6 is 69.6 Å². The fourth-order valence-electron chi connectivity index (χ4n) is 3.96. The van der Waals surface area contributed by atoms with Crippen LogP contribution in [0.1, 0.15) is 34.5 Å². The van der Waals surface area contributed by atoms with Crippen molar-refractivity contribution in [1.82, 2.24) is 0 Å². The average Bonchev–Trinajstić information content (AvgIpc) is 3.40. The van der Waals surface area contributed by atoms with Crippen LogP contribution < -0.4 is 10.6 Å². The van der Waals surface area contributed by atoms with Gasteiger partial charge in [-0.3, -0.25) is 14.4 Å². The molecule has 0 aliphatic carbocycles. The van der Waals surface area contributed by atoms with Crippen LogP contribution in [0.3, 0.4) is 0 Å². The Morgan fingerprint density at radius 2 is 1.12 bits per heavy atom. The SMILES string of the molecule is C.O=C1Cc2ccc(Cl)cc2N1.O=C1Nc2cc(Cl)ccc2C1=Cc1cc(Cl)cc(Cl)c1.O=Cc1cc(Cl)cc(Cl)c1. The highest BCUT2D eigenvalue weighted by Crippen LogP contribution is 2.35. The van der Waals surface area contributed by atoms with Crippen molar-refractivity contribution in [3.63, 3.8) is 0 Å². The first-order chi connectivity index (χ1) is 19.5. The number of carbonyl (C=O) groups excluding carboxylic acids is 3. The molecule has 4 aromatic rings. The molecule has 0 fully saturated rings. The largest absolute Gasteiger partial charge is 0.325 e. The van der Waals surface area contributed by atoms with E-state index < -0.39 is 0 Å². The standard InChI is InChI=1S/C15H8Cl3NO.C8H6ClNO.C7H4Cl2O.CH4/c16-9-1-2-12-13(15(20)19-14(12)7-9)5-8-3-10(17)6-11(18)4-8;9-6-2-1-5-3-8(11)10-7(5)4-6;8-6-1-5(4-10)2-7(9)3-6;/h1-7H,(H,19,20);1-2,4H,3H2,(H,10,11);1-4H;1H4. The maximum Gasteiger partial charge on any atom is 0.256 e. The zero-order valence-electron chi connectivity index (χ0n) is 20.8. The molecule has 4 aromatic carbocycles. The molecule has 42 heavy (non-hydrogen) atoms. The lowest BCUT2D eigenvalue weighted by atomic mass is 10.0. The van der Waals surface area contributed by atoms with Gasteiger partial charge in [0.05, 0.1) is 12.1 Å². The quantitative estimate of drug-likeness (QED) is 0.163. The van der Waals surface area contributed by atoms with E-state index in [9.17, 15) is 14.4 Å². The number of hydrogen-bond donors (Lipinski definition) is 2. The second-order valence-corrected chi connectivity index (χ2v) is 11.4. The molecule has 0 radical (unpaired) electrons. The smallest absolute Gasteiger partial charge is 0.256 e. The van der Waals surface area contributed by atoms with Crippen molar-refractivity contribution in [1.29, 1.82) is 0 Å². The van der Waals surface area contributed by atoms with Gasteiger partial charge in [0.1, 0.15) is 6.29 Å². The van der Waals surface area contributed by atoms with Crippen molar-refractivity contribution in [2.45, 2.75) is 13.8 Å². The molecule has 2 aliphatic rings. The van der Waals surface area contributed by atoms with E-state index in [4.69, 9.17) is 69.6 Å². The van der Waals surface area contributed by atoms with Gasteiger partial charge in [-0.2, -0.15) is 0 Å². The number of fused-ring (bicyclic) bond motifs is 2. The number of carbonyl (C=O) groups is 3. The first kappa shape index (κ1) is 33.5. The van der Waals surface area contributed by atoms with Crippen LogP contribution in [0.25, 0.3) is 11.6 Å². The van der Waals surface area contributed by atoms with Crippen LogP contribution in [-0.4, -0.2) is 18.1 Å². The van der Waals surface area contributed by atoms with Gasteiger partial charge in [0.2, 0.25) is 5.91 Å². The first-order valence-corrected chi connectivity index (χ1v) is 14.1. The highest BCUT2D eigenvalue weighted by atomic mass is 35.5. The summed E-state index contributed by atoms with van der Waals surface area (Å²) < 4.78 is 0. The molecule has 0 spiro atoms. The van der Waals surface area contributed by atoms with Crippen molar-refractivity contribution < 1.29 is 14.4 Å². The zero-order chi connectivity index (χ0) is 29.7. The van der Waals surface area contributed by atoms with E-state index in [1.165, 1.54) is 0 Å². The molecule has 2 aliphatic heterocycles. The van der Waals surface area contributed by atoms with Crippen LogP contribution in [0.5, 0.6) is 0 Å². The predicted molar refractivity (Wildman–Crippen MR) is 177 cm³/mol. The number of amides is 2. The fraction of sp³-hybridized carbons (Fsp3) is 0.0645. The molecule has 0 saturated heterocycles. The van der Waals surface area contributed by atoms with Gasteiger partial charge in [0.25, 0.3) is 5.91 Å². The predicted octanol–water partition coefficient (Wildman–Crippen LogP) is 10.4. The number of halogens is 6. The molecular weight excluding hydrogens is 661 g/mol. The minimum Gasteiger partial charge on any atom is -0.325 e. The molecule has 216 valence electrons. The number of nitrogens with one attached hydrogen (secondary N) is 2. The van der Waals surface area contributed by atoms with E-state index in [0.717, 1.165) is 22.4 Å². The molecule has 0 bridgehead atoms. The average molecular weight is 683 g/mol. The van der Waals surface area contributed by atoms with Gasteiger partial charge in [-0.1, -0.05) is 89.2 Å². The summed E-state index contributed by atoms with van der Waals surface area (Å²) in [6, 6.07) is 20.6. The fourth-order valence-corrected chi connectivity index (χ4v) is 5.40. The summed E-state index contributed by atoms with van der Waals surface area (Å²) >= 11 is 34.7. The Morgan fingerprint density at radius 3 is 1.69 bits per heavy atom. The van der Waals surface area contributed by atoms with Crippen LogP contribution in [0.4, 0.5) is 11.4 Å². The topological polar surface area (TPSA) is 75.3 Å².